The van der Waals surface area contributed by atoms with Gasteiger partial charge in [-0.15, -0.1) is 0 Å². The molecule has 0 aliphatic heterocycles. The topological polar surface area (TPSA) is 54.7 Å². The number of hydrogen-bond donors (Lipinski definition) is 2. The minimum absolute atomic E-state index is 0.346. The Morgan fingerprint density at radius 2 is 2.05 bits per heavy atom. The number of aromatic nitrogens is 2. The monoisotopic (exact) mass is 339 g/mol. The third-order valence-electron chi connectivity index (χ3n) is 2.79. The van der Waals surface area contributed by atoms with Gasteiger partial charge in [0, 0.05) is 22.3 Å². The maximum absolute atomic E-state index is 13.5. The van der Waals surface area contributed by atoms with Crippen LogP contribution >= 0.6 is 27.5 Å². The van der Waals surface area contributed by atoms with Gasteiger partial charge < -0.3 is 10.7 Å². The van der Waals surface area contributed by atoms with E-state index in [0.29, 0.717) is 37.6 Å². The molecule has 0 fully saturated rings. The van der Waals surface area contributed by atoms with Crippen LogP contribution in [0.3, 0.4) is 0 Å². The molecule has 2 aromatic carbocycles. The normalized spacial score (nSPS) is 11.1. The number of nitrogens with one attached hydrogen (secondary N) is 1. The van der Waals surface area contributed by atoms with E-state index in [-0.39, 0.29) is 5.82 Å². The molecule has 0 saturated heterocycles. The number of hydrogen-bond acceptors (Lipinski definition) is 2. The lowest BCUT2D eigenvalue weighted by Crippen LogP contribution is -1.90. The van der Waals surface area contributed by atoms with Crippen LogP contribution in [0.15, 0.2) is 34.8 Å². The van der Waals surface area contributed by atoms with Crippen LogP contribution in [0.4, 0.5) is 10.1 Å². The summed E-state index contributed by atoms with van der Waals surface area (Å²) in [5.74, 6) is 0.217. The summed E-state index contributed by atoms with van der Waals surface area (Å²) in [6.45, 7) is 0. The van der Waals surface area contributed by atoms with Gasteiger partial charge >= 0.3 is 0 Å². The van der Waals surface area contributed by atoms with Crippen molar-refractivity contribution in [2.45, 2.75) is 0 Å². The number of nitrogens with two attached hydrogens (primary N) is 1. The Bertz CT molecular complexity index is 746. The third-order valence-corrected chi connectivity index (χ3v) is 3.64. The molecule has 3 N–H and O–H groups in total. The van der Waals surface area contributed by atoms with Gasteiger partial charge in [-0.05, 0) is 40.2 Å². The average molecular weight is 341 g/mol. The van der Waals surface area contributed by atoms with E-state index in [2.05, 4.69) is 25.9 Å². The number of imidazole rings is 1. The second-order valence-corrected chi connectivity index (χ2v) is 5.39. The fourth-order valence-electron chi connectivity index (χ4n) is 1.87. The van der Waals surface area contributed by atoms with E-state index in [1.54, 1.807) is 24.3 Å². The quantitative estimate of drug-likeness (QED) is 0.646. The van der Waals surface area contributed by atoms with Crippen molar-refractivity contribution in [3.05, 3.63) is 45.6 Å². The lowest BCUT2D eigenvalue weighted by Gasteiger charge is -2.02. The first-order chi connectivity index (χ1) is 9.04. The van der Waals surface area contributed by atoms with Crippen LogP contribution in [-0.2, 0) is 0 Å². The van der Waals surface area contributed by atoms with Crippen LogP contribution in [-0.4, -0.2) is 9.97 Å². The molecule has 0 radical (unpaired) electrons. The Kier molecular flexibility index (Phi) is 2.95. The average Bonchev–Trinajstić information content (AvgIpc) is 2.75. The van der Waals surface area contributed by atoms with Gasteiger partial charge in [-0.2, -0.15) is 0 Å². The smallest absolute Gasteiger partial charge is 0.140 e. The van der Waals surface area contributed by atoms with Crippen molar-refractivity contribution in [2.75, 3.05) is 5.73 Å². The van der Waals surface area contributed by atoms with Crippen LogP contribution in [0, 0.1) is 5.82 Å². The molecule has 0 unspecified atom stereocenters. The van der Waals surface area contributed by atoms with Gasteiger partial charge in [0.25, 0.3) is 0 Å². The van der Waals surface area contributed by atoms with Crippen LogP contribution in [0.1, 0.15) is 0 Å². The zero-order valence-corrected chi connectivity index (χ0v) is 11.9. The largest absolute Gasteiger partial charge is 0.398 e. The number of aromatic amines is 1. The Morgan fingerprint density at radius 1 is 1.26 bits per heavy atom. The highest BCUT2D eigenvalue weighted by atomic mass is 79.9. The van der Waals surface area contributed by atoms with Crippen LogP contribution in [0.2, 0.25) is 5.02 Å². The van der Waals surface area contributed by atoms with Crippen molar-refractivity contribution >= 4 is 44.3 Å². The molecule has 6 heteroatoms. The van der Waals surface area contributed by atoms with E-state index in [0.717, 1.165) is 0 Å². The van der Waals surface area contributed by atoms with E-state index >= 15 is 0 Å². The summed E-state index contributed by atoms with van der Waals surface area (Å²) in [6.07, 6.45) is 0. The molecule has 19 heavy (non-hydrogen) atoms. The van der Waals surface area contributed by atoms with Crippen molar-refractivity contribution in [3.63, 3.8) is 0 Å². The number of H-pyrrole nitrogens is 1. The van der Waals surface area contributed by atoms with Crippen molar-refractivity contribution in [1.29, 1.82) is 0 Å². The number of benzene rings is 2. The van der Waals surface area contributed by atoms with Crippen molar-refractivity contribution < 1.29 is 4.39 Å². The Labute approximate surface area is 121 Å². The maximum atomic E-state index is 13.5. The van der Waals surface area contributed by atoms with Crippen molar-refractivity contribution in [2.24, 2.45) is 0 Å². The molecular weight excluding hydrogens is 333 g/mol. The number of fused-ring (bicyclic) bond motifs is 1. The molecular formula is C13H8BrClFN3. The minimum atomic E-state index is -0.346. The SMILES string of the molecule is Nc1ccc(Cl)cc1-c1nc2cc(Br)c(F)cc2[nH]1. The molecule has 0 aliphatic carbocycles. The first-order valence-electron chi connectivity index (χ1n) is 5.45. The summed E-state index contributed by atoms with van der Waals surface area (Å²) >= 11 is 9.08. The first kappa shape index (κ1) is 12.4. The molecule has 1 aromatic heterocycles. The first-order valence-corrected chi connectivity index (χ1v) is 6.62. The predicted octanol–water partition coefficient (Wildman–Crippen LogP) is 4.37. The number of nitrogen functional groups attached to an aromatic ring is 1. The molecule has 3 aromatic rings. The summed E-state index contributed by atoms with van der Waals surface area (Å²) in [4.78, 5) is 7.43. The zero-order valence-electron chi connectivity index (χ0n) is 9.55. The second kappa shape index (κ2) is 4.51. The highest BCUT2D eigenvalue weighted by Gasteiger charge is 2.11. The minimum Gasteiger partial charge on any atom is -0.398 e. The summed E-state index contributed by atoms with van der Waals surface area (Å²) in [7, 11) is 0. The predicted molar refractivity (Wildman–Crippen MR) is 78.6 cm³/mol. The van der Waals surface area contributed by atoms with Gasteiger partial charge in [0.15, 0.2) is 0 Å². The Hall–Kier alpha value is -1.59. The molecule has 0 saturated carbocycles. The summed E-state index contributed by atoms with van der Waals surface area (Å²) in [5.41, 5.74) is 8.42. The molecule has 0 amide bonds. The summed E-state index contributed by atoms with van der Waals surface area (Å²) in [5, 5.41) is 0.567. The van der Waals surface area contributed by atoms with Crippen molar-refractivity contribution in [3.8, 4) is 11.4 Å². The van der Waals surface area contributed by atoms with Gasteiger partial charge in [0.2, 0.25) is 0 Å². The molecule has 1 heterocycles. The highest BCUT2D eigenvalue weighted by Crippen LogP contribution is 2.30. The Balaban J connectivity index is 2.23. The second-order valence-electron chi connectivity index (χ2n) is 4.10. The van der Waals surface area contributed by atoms with E-state index < -0.39 is 0 Å². The molecule has 96 valence electrons. The molecule has 0 bridgehead atoms. The highest BCUT2D eigenvalue weighted by molar-refractivity contribution is 9.10. The standard InChI is InChI=1S/C13H8BrClFN3/c14-8-4-11-12(5-9(8)16)19-13(18-11)7-3-6(15)1-2-10(7)17/h1-5H,17H2,(H,18,19). The summed E-state index contributed by atoms with van der Waals surface area (Å²) in [6, 6.07) is 8.14. The fourth-order valence-corrected chi connectivity index (χ4v) is 2.37. The van der Waals surface area contributed by atoms with Crippen molar-refractivity contribution in [1.82, 2.24) is 9.97 Å². The maximum Gasteiger partial charge on any atom is 0.140 e. The number of halogens is 3. The van der Waals surface area contributed by atoms with E-state index in [1.807, 2.05) is 0 Å². The van der Waals surface area contributed by atoms with E-state index in [9.17, 15) is 4.39 Å². The molecule has 0 spiro atoms. The summed E-state index contributed by atoms with van der Waals surface area (Å²) < 4.78 is 13.8. The van der Waals surface area contributed by atoms with E-state index in [1.165, 1.54) is 6.07 Å². The molecule has 3 nitrogen and oxygen atoms in total. The number of nitrogens with zero attached hydrogens (tertiary/aromatic N) is 1. The third kappa shape index (κ3) is 2.19. The van der Waals surface area contributed by atoms with Gasteiger partial charge in [0.1, 0.15) is 11.6 Å². The molecule has 3 rings (SSSR count). The molecule has 0 atom stereocenters. The van der Waals surface area contributed by atoms with Crippen LogP contribution in [0.25, 0.3) is 22.4 Å². The van der Waals surface area contributed by atoms with Crippen LogP contribution in [0.5, 0.6) is 0 Å². The molecule has 0 aliphatic rings. The number of rotatable bonds is 1. The van der Waals surface area contributed by atoms with E-state index in [4.69, 9.17) is 17.3 Å². The fraction of sp³-hybridized carbons (Fsp3) is 0. The number of anilines is 1. The zero-order chi connectivity index (χ0) is 13.6. The Morgan fingerprint density at radius 3 is 2.84 bits per heavy atom. The van der Waals surface area contributed by atoms with Gasteiger partial charge in [-0.1, -0.05) is 11.6 Å². The lowest BCUT2D eigenvalue weighted by molar-refractivity contribution is 0.623. The van der Waals surface area contributed by atoms with Gasteiger partial charge in [0.05, 0.1) is 15.5 Å². The van der Waals surface area contributed by atoms with Crippen LogP contribution < -0.4 is 5.73 Å². The lowest BCUT2D eigenvalue weighted by atomic mass is 10.2. The van der Waals surface area contributed by atoms with Gasteiger partial charge in [-0.3, -0.25) is 0 Å². The van der Waals surface area contributed by atoms with Gasteiger partial charge in [-0.25, -0.2) is 9.37 Å².